The number of rotatable bonds is 39. The van der Waals surface area contributed by atoms with Crippen LogP contribution < -0.4 is 0 Å². The van der Waals surface area contributed by atoms with E-state index in [1.807, 2.05) is 42.5 Å². The average Bonchev–Trinajstić information content (AvgIpc) is 3.31. The molecule has 1 saturated carbocycles. The van der Waals surface area contributed by atoms with Gasteiger partial charge in [0, 0.05) is 12.8 Å². The SMILES string of the molecule is CC/C=C\C/C=C\C/C=C\C/C=C\C/C=C\CCCCCC(=O)O[C@H](COC(=O)CCC/C=C\C/C=C\C/C=C\C/C=C\[C@@H](O)CCCC)COP(=O)(O)O[C@H]1C(O)C(O)C(O)[C@@H](OP(=O)(O)O)C1O. The second-order valence-corrected chi connectivity index (χ2v) is 19.2. The first-order chi connectivity index (χ1) is 33.5. The van der Waals surface area contributed by atoms with E-state index in [9.17, 15) is 58.9 Å². The maximum absolute atomic E-state index is 13.0. The molecule has 0 aromatic rings. The summed E-state index contributed by atoms with van der Waals surface area (Å²) in [5.74, 6) is -1.34. The molecule has 0 aliphatic heterocycles. The van der Waals surface area contributed by atoms with Crippen molar-refractivity contribution in [3.05, 3.63) is 109 Å². The van der Waals surface area contributed by atoms with Gasteiger partial charge in [0.05, 0.1) is 12.7 Å². The molecule has 1 aliphatic carbocycles. The highest BCUT2D eigenvalue weighted by Gasteiger charge is 2.54. The Morgan fingerprint density at radius 1 is 0.529 bits per heavy atom. The minimum Gasteiger partial charge on any atom is -0.462 e. The average molecular weight is 1030 g/mol. The number of carbonyl (C=O) groups is 2. The Hall–Kier alpha value is -3.38. The van der Waals surface area contributed by atoms with Crippen molar-refractivity contribution in [2.75, 3.05) is 13.2 Å². The molecule has 19 heteroatoms. The van der Waals surface area contributed by atoms with Crippen LogP contribution in [0.2, 0.25) is 0 Å². The second kappa shape index (κ2) is 40.1. The van der Waals surface area contributed by atoms with E-state index in [0.717, 1.165) is 77.0 Å². The largest absolute Gasteiger partial charge is 0.472 e. The molecule has 0 aromatic heterocycles. The second-order valence-electron chi connectivity index (χ2n) is 16.6. The van der Waals surface area contributed by atoms with E-state index in [-0.39, 0.29) is 12.8 Å². The quantitative estimate of drug-likeness (QED) is 0.0124. The monoisotopic (exact) mass is 1030 g/mol. The van der Waals surface area contributed by atoms with Gasteiger partial charge in [0.15, 0.2) is 6.10 Å². The Labute approximate surface area is 415 Å². The van der Waals surface area contributed by atoms with Crippen molar-refractivity contribution < 1.29 is 82.0 Å². The van der Waals surface area contributed by atoms with Crippen LogP contribution in [0.1, 0.15) is 136 Å². The van der Waals surface area contributed by atoms with Crippen molar-refractivity contribution in [3.8, 4) is 0 Å². The normalized spacial score (nSPS) is 22.4. The van der Waals surface area contributed by atoms with Crippen LogP contribution in [0, 0.1) is 0 Å². The third-order valence-corrected chi connectivity index (χ3v) is 11.9. The van der Waals surface area contributed by atoms with Crippen molar-refractivity contribution in [1.82, 2.24) is 0 Å². The van der Waals surface area contributed by atoms with E-state index in [2.05, 4.69) is 85.2 Å². The van der Waals surface area contributed by atoms with Crippen molar-refractivity contribution in [1.29, 1.82) is 0 Å². The molecule has 0 bridgehead atoms. The summed E-state index contributed by atoms with van der Waals surface area (Å²) in [4.78, 5) is 54.3. The molecule has 1 rings (SSSR count). The number of hydrogen-bond acceptors (Lipinski definition) is 14. The van der Waals surface area contributed by atoms with Crippen LogP contribution in [0.5, 0.6) is 0 Å². The van der Waals surface area contributed by atoms with Gasteiger partial charge in [0.25, 0.3) is 0 Å². The van der Waals surface area contributed by atoms with Crippen LogP contribution in [0.4, 0.5) is 0 Å². The Kier molecular flexibility index (Phi) is 37.1. The lowest BCUT2D eigenvalue weighted by Crippen LogP contribution is -2.64. The van der Waals surface area contributed by atoms with Crippen molar-refractivity contribution in [2.24, 2.45) is 0 Å². The zero-order chi connectivity index (χ0) is 51.9. The lowest BCUT2D eigenvalue weighted by atomic mass is 9.85. The van der Waals surface area contributed by atoms with Crippen LogP contribution in [0.3, 0.4) is 0 Å². The van der Waals surface area contributed by atoms with Crippen LogP contribution in [-0.4, -0.2) is 114 Å². The standard InChI is InChI=1S/C51H82O17P2/c1-3-5-7-8-9-10-11-12-13-14-15-16-17-18-23-26-29-32-35-39-45(54)66-43(41-65-70(62,63)68-51-48(57)46(55)47(56)50(49(51)58)67-69(59,60)61)40-64-44(53)38-34-31-28-25-22-20-19-21-24-27-30-33-37-42(52)36-6-4-2/h5,7,9-10,12-13,15-16,18-20,23-25,27-28,33,37,42-43,46-52,55-58H,3-4,6,8,11,14,17,21-22,26,29-32,34-36,38-41H2,1-2H3,(H,62,63)(H2,59,60,61)/b7-5-,10-9-,13-12-,16-15-,20-19-,23-18-,27-24-,28-25-,37-33-/t42-,43+,46?,47?,48?,49?,50+,51-/m0/s1. The number of hydrogen-bond donors (Lipinski definition) is 8. The minimum atomic E-state index is -5.39. The zero-order valence-electron chi connectivity index (χ0n) is 41.0. The smallest absolute Gasteiger partial charge is 0.462 e. The predicted octanol–water partition coefficient (Wildman–Crippen LogP) is 8.70. The van der Waals surface area contributed by atoms with Crippen LogP contribution in [-0.2, 0) is 41.8 Å². The maximum atomic E-state index is 13.0. The highest BCUT2D eigenvalue weighted by Crippen LogP contribution is 2.49. The first-order valence-electron chi connectivity index (χ1n) is 24.5. The Bertz CT molecular complexity index is 1780. The first-order valence-corrected chi connectivity index (χ1v) is 27.6. The molecule has 17 nitrogen and oxygen atoms in total. The third kappa shape index (κ3) is 34.1. The Morgan fingerprint density at radius 2 is 1.00 bits per heavy atom. The number of aliphatic hydroxyl groups is 5. The number of unbranched alkanes of at least 4 members (excludes halogenated alkanes) is 5. The highest BCUT2D eigenvalue weighted by molar-refractivity contribution is 7.47. The highest BCUT2D eigenvalue weighted by atomic mass is 31.2. The molecule has 0 spiro atoms. The predicted molar refractivity (Wildman–Crippen MR) is 270 cm³/mol. The first kappa shape index (κ1) is 64.6. The summed E-state index contributed by atoms with van der Waals surface area (Å²) in [6.45, 7) is 2.76. The Balaban J connectivity index is 2.66. The summed E-state index contributed by atoms with van der Waals surface area (Å²) in [6.07, 6.45) is 35.2. The van der Waals surface area contributed by atoms with Crippen molar-refractivity contribution in [2.45, 2.75) is 185 Å². The fourth-order valence-corrected chi connectivity index (χ4v) is 8.13. The summed E-state index contributed by atoms with van der Waals surface area (Å²) < 4.78 is 49.3. The van der Waals surface area contributed by atoms with Crippen molar-refractivity contribution in [3.63, 3.8) is 0 Å². The fraction of sp³-hybridized carbons (Fsp3) is 0.608. The summed E-state index contributed by atoms with van der Waals surface area (Å²) in [6, 6.07) is 0. The number of allylic oxidation sites excluding steroid dienone is 17. The van der Waals surface area contributed by atoms with Gasteiger partial charge in [-0.25, -0.2) is 9.13 Å². The number of esters is 2. The number of ether oxygens (including phenoxy) is 2. The molecule has 0 saturated heterocycles. The molecule has 1 aliphatic rings. The van der Waals surface area contributed by atoms with Crippen LogP contribution >= 0.6 is 15.6 Å². The molecule has 0 amide bonds. The van der Waals surface area contributed by atoms with Crippen LogP contribution in [0.15, 0.2) is 109 Å². The summed E-state index contributed by atoms with van der Waals surface area (Å²) >= 11 is 0. The molecule has 1 fully saturated rings. The topological polar surface area (TPSA) is 276 Å². The van der Waals surface area contributed by atoms with Gasteiger partial charge in [-0.1, -0.05) is 142 Å². The Morgan fingerprint density at radius 3 is 1.51 bits per heavy atom. The van der Waals surface area contributed by atoms with Gasteiger partial charge in [0.2, 0.25) is 0 Å². The molecular formula is C51H82O17P2. The number of carbonyl (C=O) groups excluding carboxylic acids is 2. The van der Waals surface area contributed by atoms with Gasteiger partial charge in [-0.3, -0.25) is 23.2 Å². The van der Waals surface area contributed by atoms with E-state index in [0.29, 0.717) is 32.1 Å². The van der Waals surface area contributed by atoms with E-state index >= 15 is 0 Å². The molecule has 0 aromatic carbocycles. The molecular weight excluding hydrogens is 946 g/mol. The molecule has 9 atom stereocenters. The molecule has 5 unspecified atom stereocenters. The molecule has 0 radical (unpaired) electrons. The molecule has 8 N–H and O–H groups in total. The fourth-order valence-electron chi connectivity index (χ4n) is 6.59. The molecule has 398 valence electrons. The summed E-state index contributed by atoms with van der Waals surface area (Å²) in [5, 5.41) is 51.1. The summed E-state index contributed by atoms with van der Waals surface area (Å²) in [7, 11) is -10.7. The van der Waals surface area contributed by atoms with Gasteiger partial charge < -0.3 is 49.7 Å². The van der Waals surface area contributed by atoms with Gasteiger partial charge in [-0.05, 0) is 89.9 Å². The van der Waals surface area contributed by atoms with E-state index in [4.69, 9.17) is 18.5 Å². The van der Waals surface area contributed by atoms with E-state index in [1.165, 1.54) is 0 Å². The number of aliphatic hydroxyl groups excluding tert-OH is 5. The van der Waals surface area contributed by atoms with Gasteiger partial charge >= 0.3 is 27.6 Å². The van der Waals surface area contributed by atoms with Gasteiger partial charge in [-0.15, -0.1) is 0 Å². The third-order valence-electron chi connectivity index (χ3n) is 10.4. The van der Waals surface area contributed by atoms with Gasteiger partial charge in [-0.2, -0.15) is 0 Å². The van der Waals surface area contributed by atoms with Crippen molar-refractivity contribution >= 4 is 27.6 Å². The summed E-state index contributed by atoms with van der Waals surface area (Å²) in [5.41, 5.74) is 0. The number of phosphoric acid groups is 2. The zero-order valence-corrected chi connectivity index (χ0v) is 42.8. The van der Waals surface area contributed by atoms with Crippen LogP contribution in [0.25, 0.3) is 0 Å². The van der Waals surface area contributed by atoms with Gasteiger partial charge in [0.1, 0.15) is 43.2 Å². The van der Waals surface area contributed by atoms with E-state index in [1.54, 1.807) is 0 Å². The van der Waals surface area contributed by atoms with E-state index < -0.39 is 89.6 Å². The molecule has 70 heavy (non-hydrogen) atoms. The molecule has 0 heterocycles. The number of phosphoric ester groups is 2. The lowest BCUT2D eigenvalue weighted by molar-refractivity contribution is -0.216. The maximum Gasteiger partial charge on any atom is 0.472 e. The lowest BCUT2D eigenvalue weighted by Gasteiger charge is -2.43. The minimum absolute atomic E-state index is 0.0134.